The molecule has 4 nitrogen and oxygen atoms in total. The predicted octanol–water partition coefficient (Wildman–Crippen LogP) is 3.48. The number of likely N-dealkylation sites (tertiary alicyclic amines) is 1. The summed E-state index contributed by atoms with van der Waals surface area (Å²) in [6.45, 7) is 2.77. The smallest absolute Gasteiger partial charge is 0.124 e. The van der Waals surface area contributed by atoms with Gasteiger partial charge in [-0.25, -0.2) is 4.39 Å². The zero-order valence-corrected chi connectivity index (χ0v) is 12.9. The van der Waals surface area contributed by atoms with E-state index in [4.69, 9.17) is 0 Å². The van der Waals surface area contributed by atoms with E-state index in [2.05, 4.69) is 26.1 Å². The second kappa shape index (κ2) is 6.08. The Hall–Kier alpha value is -2.27. The molecule has 1 N–H and O–H groups in total. The van der Waals surface area contributed by atoms with Crippen molar-refractivity contribution in [2.45, 2.75) is 25.3 Å². The lowest BCUT2D eigenvalue weighted by molar-refractivity contribution is 0.203. The van der Waals surface area contributed by atoms with Gasteiger partial charge >= 0.3 is 0 Å². The Morgan fingerprint density at radius 1 is 1.17 bits per heavy atom. The lowest BCUT2D eigenvalue weighted by atomic mass is 9.93. The van der Waals surface area contributed by atoms with Crippen LogP contribution in [0.1, 0.15) is 30.0 Å². The van der Waals surface area contributed by atoms with Gasteiger partial charge in [0.2, 0.25) is 0 Å². The van der Waals surface area contributed by atoms with Gasteiger partial charge in [-0.15, -0.1) is 0 Å². The van der Waals surface area contributed by atoms with Gasteiger partial charge in [0, 0.05) is 35.9 Å². The molecule has 0 atom stereocenters. The maximum atomic E-state index is 13.8. The van der Waals surface area contributed by atoms with Crippen LogP contribution in [0.5, 0.6) is 0 Å². The molecule has 0 bridgehead atoms. The van der Waals surface area contributed by atoms with Crippen LogP contribution in [0.2, 0.25) is 0 Å². The van der Waals surface area contributed by atoms with Crippen molar-refractivity contribution >= 4 is 10.9 Å². The monoisotopic (exact) mass is 310 g/mol. The Morgan fingerprint density at radius 3 is 2.83 bits per heavy atom. The van der Waals surface area contributed by atoms with Crippen molar-refractivity contribution in [1.82, 2.24) is 20.1 Å². The molecule has 3 heterocycles. The van der Waals surface area contributed by atoms with Crippen molar-refractivity contribution < 1.29 is 4.39 Å². The Morgan fingerprint density at radius 2 is 2.04 bits per heavy atom. The highest BCUT2D eigenvalue weighted by molar-refractivity contribution is 5.81. The summed E-state index contributed by atoms with van der Waals surface area (Å²) in [5, 5.41) is 7.98. The molecule has 1 aliphatic heterocycles. The zero-order chi connectivity index (χ0) is 15.6. The number of nitrogens with one attached hydrogen (secondary N) is 1. The lowest BCUT2D eigenvalue weighted by Gasteiger charge is -2.31. The fourth-order valence-electron chi connectivity index (χ4n) is 3.49. The molecule has 4 rings (SSSR count). The van der Waals surface area contributed by atoms with E-state index in [-0.39, 0.29) is 5.82 Å². The maximum absolute atomic E-state index is 13.8. The van der Waals surface area contributed by atoms with Crippen molar-refractivity contribution in [2.75, 3.05) is 13.1 Å². The molecule has 0 aliphatic carbocycles. The molecule has 1 saturated heterocycles. The number of nitrogens with zero attached hydrogens (tertiary/aromatic N) is 3. The molecule has 5 heteroatoms. The Balaban J connectivity index is 1.49. The molecule has 0 amide bonds. The second-order valence-electron chi connectivity index (χ2n) is 6.20. The van der Waals surface area contributed by atoms with Crippen molar-refractivity contribution in [1.29, 1.82) is 0 Å². The van der Waals surface area contributed by atoms with E-state index in [0.717, 1.165) is 48.9 Å². The number of piperidine rings is 1. The van der Waals surface area contributed by atoms with Gasteiger partial charge < -0.3 is 0 Å². The summed E-state index contributed by atoms with van der Waals surface area (Å²) in [6.07, 6.45) is 5.78. The zero-order valence-electron chi connectivity index (χ0n) is 12.9. The molecule has 0 radical (unpaired) electrons. The molecule has 2 aromatic heterocycles. The van der Waals surface area contributed by atoms with E-state index >= 15 is 0 Å². The summed E-state index contributed by atoms with van der Waals surface area (Å²) >= 11 is 0. The third kappa shape index (κ3) is 2.97. The van der Waals surface area contributed by atoms with Gasteiger partial charge in [-0.3, -0.25) is 15.0 Å². The third-order valence-corrected chi connectivity index (χ3v) is 4.69. The van der Waals surface area contributed by atoms with Gasteiger partial charge in [-0.2, -0.15) is 5.10 Å². The molecule has 23 heavy (non-hydrogen) atoms. The fourth-order valence-corrected chi connectivity index (χ4v) is 3.49. The minimum Gasteiger partial charge on any atom is -0.299 e. The standard InChI is InChI=1S/C18H19FN4/c19-16-10-14-2-1-6-20-18(14)15(11-16)12-23-8-4-13(5-9-23)17-3-7-21-22-17/h1-3,6-7,10-11,13H,4-5,8-9,12H2,(H,21,22). The normalized spacial score (nSPS) is 16.9. The largest absolute Gasteiger partial charge is 0.299 e. The molecule has 118 valence electrons. The molecular weight excluding hydrogens is 291 g/mol. The summed E-state index contributed by atoms with van der Waals surface area (Å²) in [5.41, 5.74) is 3.10. The number of hydrogen-bond acceptors (Lipinski definition) is 3. The molecule has 1 fully saturated rings. The number of H-pyrrole nitrogens is 1. The number of aromatic amines is 1. The summed E-state index contributed by atoms with van der Waals surface area (Å²) in [7, 11) is 0. The SMILES string of the molecule is Fc1cc(CN2CCC(c3ccn[nH]3)CC2)c2ncccc2c1. The van der Waals surface area contributed by atoms with Gasteiger partial charge in [0.25, 0.3) is 0 Å². The summed E-state index contributed by atoms with van der Waals surface area (Å²) in [5.74, 6) is 0.365. The average molecular weight is 310 g/mol. The van der Waals surface area contributed by atoms with Crippen molar-refractivity contribution in [3.05, 3.63) is 59.8 Å². The lowest BCUT2D eigenvalue weighted by Crippen LogP contribution is -2.32. The predicted molar refractivity (Wildman–Crippen MR) is 87.5 cm³/mol. The van der Waals surface area contributed by atoms with E-state index in [1.807, 2.05) is 18.3 Å². The first kappa shape index (κ1) is 14.3. The Kier molecular flexibility index (Phi) is 3.79. The van der Waals surface area contributed by atoms with E-state index in [0.29, 0.717) is 5.92 Å². The fraction of sp³-hybridized carbons (Fsp3) is 0.333. The van der Waals surface area contributed by atoms with Gasteiger partial charge in [-0.05, 0) is 55.8 Å². The maximum Gasteiger partial charge on any atom is 0.124 e. The van der Waals surface area contributed by atoms with Crippen LogP contribution in [0.3, 0.4) is 0 Å². The molecule has 1 aromatic carbocycles. The van der Waals surface area contributed by atoms with Gasteiger partial charge in [0.1, 0.15) is 5.82 Å². The minimum absolute atomic E-state index is 0.187. The van der Waals surface area contributed by atoms with Crippen LogP contribution < -0.4 is 0 Å². The Bertz CT molecular complexity index is 792. The number of pyridine rings is 1. The minimum atomic E-state index is -0.187. The molecule has 0 saturated carbocycles. The van der Waals surface area contributed by atoms with Crippen LogP contribution in [0.15, 0.2) is 42.7 Å². The van der Waals surface area contributed by atoms with E-state index < -0.39 is 0 Å². The van der Waals surface area contributed by atoms with E-state index in [9.17, 15) is 4.39 Å². The van der Waals surface area contributed by atoms with Crippen LogP contribution in [0.25, 0.3) is 10.9 Å². The van der Waals surface area contributed by atoms with Crippen molar-refractivity contribution in [3.63, 3.8) is 0 Å². The highest BCUT2D eigenvalue weighted by atomic mass is 19.1. The molecular formula is C18H19FN4. The van der Waals surface area contributed by atoms with Gasteiger partial charge in [0.15, 0.2) is 0 Å². The third-order valence-electron chi connectivity index (χ3n) is 4.69. The molecule has 1 aliphatic rings. The van der Waals surface area contributed by atoms with Crippen molar-refractivity contribution in [2.24, 2.45) is 0 Å². The summed E-state index contributed by atoms with van der Waals surface area (Å²) in [6, 6.07) is 9.00. The number of fused-ring (bicyclic) bond motifs is 1. The topological polar surface area (TPSA) is 44.8 Å². The average Bonchev–Trinajstić information content (AvgIpc) is 3.10. The first-order chi connectivity index (χ1) is 11.3. The number of halogens is 1. The van der Waals surface area contributed by atoms with Crippen LogP contribution in [-0.4, -0.2) is 33.2 Å². The summed E-state index contributed by atoms with van der Waals surface area (Å²) < 4.78 is 13.8. The van der Waals surface area contributed by atoms with Crippen LogP contribution in [0, 0.1) is 5.82 Å². The first-order valence-electron chi connectivity index (χ1n) is 8.04. The van der Waals surface area contributed by atoms with Crippen LogP contribution >= 0.6 is 0 Å². The van der Waals surface area contributed by atoms with Crippen LogP contribution in [-0.2, 0) is 6.54 Å². The van der Waals surface area contributed by atoms with Gasteiger partial charge in [0.05, 0.1) is 5.52 Å². The quantitative estimate of drug-likeness (QED) is 0.805. The second-order valence-corrected chi connectivity index (χ2v) is 6.20. The molecule has 3 aromatic rings. The Labute approximate surface area is 134 Å². The molecule has 0 unspecified atom stereocenters. The van der Waals surface area contributed by atoms with Crippen LogP contribution in [0.4, 0.5) is 4.39 Å². The highest BCUT2D eigenvalue weighted by Gasteiger charge is 2.22. The number of aromatic nitrogens is 3. The number of benzene rings is 1. The first-order valence-corrected chi connectivity index (χ1v) is 8.04. The van der Waals surface area contributed by atoms with Gasteiger partial charge in [-0.1, -0.05) is 6.07 Å². The summed E-state index contributed by atoms with van der Waals surface area (Å²) in [4.78, 5) is 6.82. The highest BCUT2D eigenvalue weighted by Crippen LogP contribution is 2.28. The number of hydrogen-bond donors (Lipinski definition) is 1. The van der Waals surface area contributed by atoms with E-state index in [1.165, 1.54) is 5.69 Å². The van der Waals surface area contributed by atoms with Crippen molar-refractivity contribution in [3.8, 4) is 0 Å². The van der Waals surface area contributed by atoms with E-state index in [1.54, 1.807) is 18.3 Å². The number of rotatable bonds is 3. The molecule has 0 spiro atoms.